The molecule has 0 bridgehead atoms. The molecule has 3 aromatic rings. The number of carbonyl (C=O) groups excluding carboxylic acids is 2. The van der Waals surface area contributed by atoms with Gasteiger partial charge < -0.3 is 10.6 Å². The molecule has 2 N–H and O–H groups in total. The smallest absolute Gasteiger partial charge is 0.253 e. The number of anilines is 2. The highest BCUT2D eigenvalue weighted by molar-refractivity contribution is 7.92. The fourth-order valence-corrected chi connectivity index (χ4v) is 4.32. The number of sulfonamides is 1. The van der Waals surface area contributed by atoms with Gasteiger partial charge in [-0.05, 0) is 54.8 Å². The highest BCUT2D eigenvalue weighted by Crippen LogP contribution is 2.22. The quantitative estimate of drug-likeness (QED) is 0.531. The van der Waals surface area contributed by atoms with Crippen molar-refractivity contribution in [2.24, 2.45) is 0 Å². The molecule has 0 aromatic heterocycles. The molecule has 0 aliphatic heterocycles. The molecule has 3 aromatic carbocycles. The molecule has 0 atom stereocenters. The first kappa shape index (κ1) is 24.0. The van der Waals surface area contributed by atoms with Gasteiger partial charge >= 0.3 is 0 Å². The normalized spacial score (nSPS) is 11.0. The minimum absolute atomic E-state index is 0.291. The van der Waals surface area contributed by atoms with Gasteiger partial charge in [-0.25, -0.2) is 8.42 Å². The Balaban J connectivity index is 1.76. The summed E-state index contributed by atoms with van der Waals surface area (Å²) in [7, 11) is -3.71. The van der Waals surface area contributed by atoms with E-state index in [0.717, 1.165) is 27.3 Å². The van der Waals surface area contributed by atoms with Crippen LogP contribution in [0.25, 0.3) is 0 Å². The minimum atomic E-state index is -3.71. The molecule has 7 nitrogen and oxygen atoms in total. The van der Waals surface area contributed by atoms with E-state index in [0.29, 0.717) is 23.5 Å². The Hall–Kier alpha value is -3.65. The van der Waals surface area contributed by atoms with Crippen molar-refractivity contribution < 1.29 is 18.0 Å². The molecule has 0 radical (unpaired) electrons. The van der Waals surface area contributed by atoms with Crippen LogP contribution in [0.1, 0.15) is 27.0 Å². The molecule has 0 aliphatic rings. The lowest BCUT2D eigenvalue weighted by Crippen LogP contribution is -2.38. The zero-order chi connectivity index (χ0) is 24.0. The maximum absolute atomic E-state index is 12.8. The fraction of sp³-hybridized carbons (Fsp3) is 0.200. The largest absolute Gasteiger partial charge is 0.348 e. The first-order valence-corrected chi connectivity index (χ1v) is 12.3. The van der Waals surface area contributed by atoms with Crippen LogP contribution in [0, 0.1) is 13.8 Å². The summed E-state index contributed by atoms with van der Waals surface area (Å²) in [6.07, 6.45) is 1.06. The summed E-state index contributed by atoms with van der Waals surface area (Å²) in [6, 6.07) is 21.4. The van der Waals surface area contributed by atoms with Crippen LogP contribution in [0.5, 0.6) is 0 Å². The Bertz CT molecular complexity index is 1240. The monoisotopic (exact) mass is 465 g/mol. The van der Waals surface area contributed by atoms with E-state index in [-0.39, 0.29) is 5.91 Å². The van der Waals surface area contributed by atoms with Gasteiger partial charge in [0.1, 0.15) is 6.54 Å². The van der Waals surface area contributed by atoms with Gasteiger partial charge in [-0.3, -0.25) is 13.9 Å². The lowest BCUT2D eigenvalue weighted by Gasteiger charge is -2.23. The van der Waals surface area contributed by atoms with Crippen LogP contribution in [0.3, 0.4) is 0 Å². The number of nitrogens with zero attached hydrogens (tertiary/aromatic N) is 1. The summed E-state index contributed by atoms with van der Waals surface area (Å²) >= 11 is 0. The Labute approximate surface area is 194 Å². The molecule has 0 heterocycles. The van der Waals surface area contributed by atoms with Crippen molar-refractivity contribution >= 4 is 33.2 Å². The van der Waals surface area contributed by atoms with Gasteiger partial charge in [0.05, 0.1) is 23.2 Å². The molecule has 0 fully saturated rings. The van der Waals surface area contributed by atoms with Gasteiger partial charge in [0.25, 0.3) is 5.91 Å². The van der Waals surface area contributed by atoms with E-state index >= 15 is 0 Å². The van der Waals surface area contributed by atoms with Crippen molar-refractivity contribution in [3.63, 3.8) is 0 Å². The number of aryl methyl sites for hydroxylation is 2. The van der Waals surface area contributed by atoms with Crippen molar-refractivity contribution in [3.8, 4) is 0 Å². The molecule has 0 saturated heterocycles. The molecule has 0 unspecified atom stereocenters. The van der Waals surface area contributed by atoms with Gasteiger partial charge in [0, 0.05) is 6.54 Å². The molecular weight excluding hydrogens is 438 g/mol. The summed E-state index contributed by atoms with van der Waals surface area (Å²) in [6.45, 7) is 3.65. The summed E-state index contributed by atoms with van der Waals surface area (Å²) in [5.74, 6) is -0.896. The van der Waals surface area contributed by atoms with Crippen molar-refractivity contribution in [1.29, 1.82) is 0 Å². The highest BCUT2D eigenvalue weighted by Gasteiger charge is 2.22. The molecule has 0 spiro atoms. The molecule has 3 rings (SSSR count). The van der Waals surface area contributed by atoms with Crippen LogP contribution < -0.4 is 14.9 Å². The Morgan fingerprint density at radius 2 is 1.48 bits per heavy atom. The topological polar surface area (TPSA) is 95.6 Å². The second-order valence-corrected chi connectivity index (χ2v) is 9.78. The van der Waals surface area contributed by atoms with E-state index in [1.807, 2.05) is 50.2 Å². The summed E-state index contributed by atoms with van der Waals surface area (Å²) in [5, 5.41) is 5.52. The number of hydrogen-bond donors (Lipinski definition) is 2. The molecule has 0 aliphatic carbocycles. The van der Waals surface area contributed by atoms with Crippen LogP contribution >= 0.6 is 0 Å². The van der Waals surface area contributed by atoms with E-state index in [1.165, 1.54) is 0 Å². The second kappa shape index (κ2) is 10.3. The lowest BCUT2D eigenvalue weighted by atomic mass is 10.1. The zero-order valence-electron chi connectivity index (χ0n) is 18.8. The Morgan fingerprint density at radius 3 is 2.12 bits per heavy atom. The Kier molecular flexibility index (Phi) is 7.50. The number of hydrogen-bond acceptors (Lipinski definition) is 4. The van der Waals surface area contributed by atoms with Gasteiger partial charge in [-0.1, -0.05) is 48.5 Å². The minimum Gasteiger partial charge on any atom is -0.348 e. The van der Waals surface area contributed by atoms with E-state index in [1.54, 1.807) is 36.4 Å². The average molecular weight is 466 g/mol. The van der Waals surface area contributed by atoms with Crippen LogP contribution in [-0.4, -0.2) is 33.0 Å². The van der Waals surface area contributed by atoms with Crippen LogP contribution in [0.15, 0.2) is 72.8 Å². The van der Waals surface area contributed by atoms with E-state index in [4.69, 9.17) is 0 Å². The maximum atomic E-state index is 12.8. The van der Waals surface area contributed by atoms with E-state index < -0.39 is 22.5 Å². The predicted molar refractivity (Wildman–Crippen MR) is 131 cm³/mol. The first-order chi connectivity index (χ1) is 15.6. The van der Waals surface area contributed by atoms with E-state index in [9.17, 15) is 18.0 Å². The average Bonchev–Trinajstić information content (AvgIpc) is 2.75. The number of nitrogens with one attached hydrogen (secondary N) is 2. The number of rotatable bonds is 8. The number of para-hydroxylation sites is 1. The van der Waals surface area contributed by atoms with Crippen molar-refractivity contribution in [2.75, 3.05) is 22.4 Å². The third-order valence-corrected chi connectivity index (χ3v) is 6.06. The third-order valence-electron chi connectivity index (χ3n) is 4.92. The van der Waals surface area contributed by atoms with Crippen molar-refractivity contribution in [3.05, 3.63) is 95.1 Å². The van der Waals surface area contributed by atoms with Gasteiger partial charge in [-0.2, -0.15) is 0 Å². The SMILES string of the molecule is Cc1cc(C)cc(N(CC(=O)Nc2ccccc2C(=O)NCc2ccccc2)S(C)(=O)=O)c1. The van der Waals surface area contributed by atoms with Crippen molar-refractivity contribution in [1.82, 2.24) is 5.32 Å². The summed E-state index contributed by atoms with van der Waals surface area (Å²) in [4.78, 5) is 25.5. The lowest BCUT2D eigenvalue weighted by molar-refractivity contribution is -0.114. The van der Waals surface area contributed by atoms with Crippen LogP contribution in [0.4, 0.5) is 11.4 Å². The number of carbonyl (C=O) groups is 2. The number of benzene rings is 3. The predicted octanol–water partition coefficient (Wildman–Crippen LogP) is 3.64. The van der Waals surface area contributed by atoms with Gasteiger partial charge in [0.15, 0.2) is 0 Å². The van der Waals surface area contributed by atoms with Crippen LogP contribution in [0.2, 0.25) is 0 Å². The highest BCUT2D eigenvalue weighted by atomic mass is 32.2. The Morgan fingerprint density at radius 1 is 0.879 bits per heavy atom. The summed E-state index contributed by atoms with van der Waals surface area (Å²) in [5.41, 5.74) is 3.74. The standard InChI is InChI=1S/C25H27N3O4S/c1-18-13-19(2)15-21(14-18)28(33(3,31)32)17-24(29)27-23-12-8-7-11-22(23)25(30)26-16-20-9-5-4-6-10-20/h4-15H,16-17H2,1-3H3,(H,26,30)(H,27,29). The third kappa shape index (κ3) is 6.66. The van der Waals surface area contributed by atoms with Gasteiger partial charge in [-0.15, -0.1) is 0 Å². The second-order valence-electron chi connectivity index (χ2n) is 7.88. The molecule has 8 heteroatoms. The molecule has 33 heavy (non-hydrogen) atoms. The molecule has 2 amide bonds. The first-order valence-electron chi connectivity index (χ1n) is 10.4. The fourth-order valence-electron chi connectivity index (χ4n) is 3.48. The zero-order valence-corrected chi connectivity index (χ0v) is 19.6. The molecular formula is C25H27N3O4S. The maximum Gasteiger partial charge on any atom is 0.253 e. The van der Waals surface area contributed by atoms with Gasteiger partial charge in [0.2, 0.25) is 15.9 Å². The van der Waals surface area contributed by atoms with Crippen molar-refractivity contribution in [2.45, 2.75) is 20.4 Å². The van der Waals surface area contributed by atoms with E-state index in [2.05, 4.69) is 10.6 Å². The molecule has 172 valence electrons. The number of amides is 2. The van der Waals surface area contributed by atoms with Crippen LogP contribution in [-0.2, 0) is 21.4 Å². The molecule has 0 saturated carbocycles. The summed E-state index contributed by atoms with van der Waals surface area (Å²) < 4.78 is 25.9.